The highest BCUT2D eigenvalue weighted by Crippen LogP contribution is 2.31. The van der Waals surface area contributed by atoms with Crippen LogP contribution in [-0.2, 0) is 17.8 Å². The highest BCUT2D eigenvalue weighted by Gasteiger charge is 2.28. The molecule has 9 heteroatoms. The molecule has 0 radical (unpaired) electrons. The van der Waals surface area contributed by atoms with Gasteiger partial charge >= 0.3 is 0 Å². The molecule has 1 fully saturated rings. The van der Waals surface area contributed by atoms with Crippen molar-refractivity contribution in [2.75, 3.05) is 26.8 Å². The van der Waals surface area contributed by atoms with Gasteiger partial charge in [-0.2, -0.15) is 0 Å². The Balaban J connectivity index is 0.00000181. The summed E-state index contributed by atoms with van der Waals surface area (Å²) in [6.45, 7) is 2.67. The van der Waals surface area contributed by atoms with Crippen LogP contribution in [0.2, 0.25) is 0 Å². The number of hydrogen-bond acceptors (Lipinski definition) is 4. The van der Waals surface area contributed by atoms with Gasteiger partial charge in [0.1, 0.15) is 11.5 Å². The lowest BCUT2D eigenvalue weighted by molar-refractivity contribution is 0.0699. The Morgan fingerprint density at radius 3 is 2.66 bits per heavy atom. The summed E-state index contributed by atoms with van der Waals surface area (Å²) in [5.74, 6) is -0.108. The van der Waals surface area contributed by atoms with Crippen molar-refractivity contribution in [2.24, 2.45) is 5.73 Å². The number of carbonyl (C=O) groups is 1. The fourth-order valence-electron chi connectivity index (χ4n) is 4.27. The summed E-state index contributed by atoms with van der Waals surface area (Å²) in [5, 5.41) is 0. The van der Waals surface area contributed by atoms with E-state index >= 15 is 0 Å². The number of piperidine rings is 1. The predicted octanol–water partition coefficient (Wildman–Crippen LogP) is 4.14. The van der Waals surface area contributed by atoms with Crippen molar-refractivity contribution < 1.29 is 13.9 Å². The molecule has 2 aromatic heterocycles. The maximum Gasteiger partial charge on any atom is 0.270 e. The monoisotopic (exact) mass is 482 g/mol. The average molecular weight is 483 g/mol. The van der Waals surface area contributed by atoms with E-state index < -0.39 is 0 Å². The second-order valence-electron chi connectivity index (χ2n) is 7.71. The van der Waals surface area contributed by atoms with Crippen molar-refractivity contribution in [3.63, 3.8) is 0 Å². The van der Waals surface area contributed by atoms with Crippen LogP contribution < -0.4 is 5.73 Å². The number of nitrogens with two attached hydrogens (primary N) is 1. The second-order valence-corrected chi connectivity index (χ2v) is 7.71. The Morgan fingerprint density at radius 2 is 1.97 bits per heavy atom. The number of amides is 1. The third kappa shape index (κ3) is 5.23. The Kier molecular flexibility index (Phi) is 9.46. The summed E-state index contributed by atoms with van der Waals surface area (Å²) in [6.07, 6.45) is 3.19. The molecule has 6 nitrogen and oxygen atoms in total. The van der Waals surface area contributed by atoms with Crippen LogP contribution in [0.1, 0.15) is 40.4 Å². The van der Waals surface area contributed by atoms with E-state index in [1.54, 1.807) is 19.4 Å². The van der Waals surface area contributed by atoms with Crippen LogP contribution in [0, 0.1) is 5.82 Å². The summed E-state index contributed by atoms with van der Waals surface area (Å²) >= 11 is 0. The summed E-state index contributed by atoms with van der Waals surface area (Å²) in [4.78, 5) is 19.6. The molecule has 2 N–H and O–H groups in total. The lowest BCUT2D eigenvalue weighted by atomic mass is 9.88. The first kappa shape index (κ1) is 26.1. The predicted molar refractivity (Wildman–Crippen MR) is 128 cm³/mol. The molecular weight excluding hydrogens is 454 g/mol. The third-order valence-corrected chi connectivity index (χ3v) is 5.93. The van der Waals surface area contributed by atoms with Crippen molar-refractivity contribution in [2.45, 2.75) is 31.8 Å². The number of likely N-dealkylation sites (tertiary alicyclic amines) is 1. The van der Waals surface area contributed by atoms with E-state index in [4.69, 9.17) is 10.5 Å². The Hall–Kier alpha value is -2.19. The normalized spacial score (nSPS) is 14.2. The number of pyridine rings is 1. The molecule has 32 heavy (non-hydrogen) atoms. The van der Waals surface area contributed by atoms with Crippen LogP contribution >= 0.6 is 24.8 Å². The first-order chi connectivity index (χ1) is 14.6. The number of benzene rings is 1. The molecular formula is C23H29Cl2FN4O2. The molecule has 1 aromatic carbocycles. The molecule has 0 bridgehead atoms. The number of fused-ring (bicyclic) bond motifs is 1. The van der Waals surface area contributed by atoms with Gasteiger partial charge in [0.2, 0.25) is 0 Å². The van der Waals surface area contributed by atoms with Crippen molar-refractivity contribution in [3.8, 4) is 0 Å². The molecule has 1 amide bonds. The maximum atomic E-state index is 14.4. The molecule has 174 valence electrons. The molecule has 1 aliphatic rings. The van der Waals surface area contributed by atoms with E-state index in [2.05, 4.69) is 4.98 Å². The van der Waals surface area contributed by atoms with Crippen LogP contribution in [0.15, 0.2) is 42.6 Å². The maximum absolute atomic E-state index is 14.4. The number of aromatic nitrogens is 2. The average Bonchev–Trinajstić information content (AvgIpc) is 3.16. The van der Waals surface area contributed by atoms with Crippen LogP contribution in [0.25, 0.3) is 11.0 Å². The number of rotatable bonds is 6. The number of carbonyl (C=O) groups excluding carboxylic acids is 1. The fourth-order valence-corrected chi connectivity index (χ4v) is 4.27. The third-order valence-electron chi connectivity index (χ3n) is 5.93. The van der Waals surface area contributed by atoms with E-state index in [1.165, 1.54) is 6.07 Å². The summed E-state index contributed by atoms with van der Waals surface area (Å²) in [7, 11) is 1.65. The Morgan fingerprint density at radius 1 is 1.22 bits per heavy atom. The van der Waals surface area contributed by atoms with E-state index in [-0.39, 0.29) is 42.5 Å². The van der Waals surface area contributed by atoms with Gasteiger partial charge in [-0.3, -0.25) is 9.78 Å². The van der Waals surface area contributed by atoms with Crippen LogP contribution in [0.5, 0.6) is 0 Å². The molecule has 3 aromatic rings. The van der Waals surface area contributed by atoms with Crippen LogP contribution in [0.3, 0.4) is 0 Å². The van der Waals surface area contributed by atoms with Gasteiger partial charge in [0.05, 0.1) is 17.6 Å². The van der Waals surface area contributed by atoms with Gasteiger partial charge in [-0.25, -0.2) is 4.39 Å². The second kappa shape index (κ2) is 11.6. The van der Waals surface area contributed by atoms with Gasteiger partial charge in [0.15, 0.2) is 0 Å². The molecule has 4 rings (SSSR count). The van der Waals surface area contributed by atoms with Gasteiger partial charge in [-0.15, -0.1) is 24.8 Å². The summed E-state index contributed by atoms with van der Waals surface area (Å²) in [5.41, 5.74) is 9.70. The number of hydrogen-bond donors (Lipinski definition) is 1. The van der Waals surface area contributed by atoms with E-state index in [1.807, 2.05) is 33.7 Å². The standard InChI is InChI=1S/C23H27FN4O2.2ClH/c1-30-12-11-28-21-3-2-8-26-20(21)14-22(28)23(29)27-9-6-17(7-10-27)18-13-16(15-25)4-5-19(18)24;;/h2-5,8,13-14,17H,6-7,9-12,15,25H2,1H3;2*1H. The van der Waals surface area contributed by atoms with Crippen molar-refractivity contribution in [1.82, 2.24) is 14.5 Å². The Labute approximate surface area is 199 Å². The topological polar surface area (TPSA) is 73.4 Å². The highest BCUT2D eigenvalue weighted by molar-refractivity contribution is 5.97. The lowest BCUT2D eigenvalue weighted by Crippen LogP contribution is -2.39. The first-order valence-electron chi connectivity index (χ1n) is 10.3. The zero-order valence-electron chi connectivity index (χ0n) is 18.0. The van der Waals surface area contributed by atoms with E-state index in [0.717, 1.165) is 29.4 Å². The van der Waals surface area contributed by atoms with E-state index in [9.17, 15) is 9.18 Å². The van der Waals surface area contributed by atoms with Gasteiger partial charge in [0, 0.05) is 39.5 Å². The molecule has 0 unspecified atom stereocenters. The molecule has 1 aliphatic heterocycles. The molecule has 3 heterocycles. The first-order valence-corrected chi connectivity index (χ1v) is 10.3. The van der Waals surface area contributed by atoms with Crippen LogP contribution in [-0.4, -0.2) is 47.2 Å². The minimum Gasteiger partial charge on any atom is -0.383 e. The lowest BCUT2D eigenvalue weighted by Gasteiger charge is -2.32. The fraction of sp³-hybridized carbons (Fsp3) is 0.391. The minimum atomic E-state index is -0.192. The SMILES string of the molecule is COCCn1c(C(=O)N2CCC(c3cc(CN)ccc3F)CC2)cc2ncccc21.Cl.Cl. The Bertz CT molecular complexity index is 1050. The summed E-state index contributed by atoms with van der Waals surface area (Å²) in [6, 6.07) is 10.8. The number of nitrogens with zero attached hydrogens (tertiary/aromatic N) is 3. The smallest absolute Gasteiger partial charge is 0.270 e. The number of methoxy groups -OCH3 is 1. The zero-order valence-corrected chi connectivity index (χ0v) is 19.6. The molecule has 0 saturated carbocycles. The highest BCUT2D eigenvalue weighted by atomic mass is 35.5. The van der Waals surface area contributed by atoms with Crippen LogP contribution in [0.4, 0.5) is 4.39 Å². The quantitative estimate of drug-likeness (QED) is 0.572. The minimum absolute atomic E-state index is 0. The van der Waals surface area contributed by atoms with Gasteiger partial charge in [0.25, 0.3) is 5.91 Å². The van der Waals surface area contributed by atoms with Gasteiger partial charge < -0.3 is 19.9 Å². The van der Waals surface area contributed by atoms with Crippen molar-refractivity contribution in [3.05, 3.63) is 65.2 Å². The van der Waals surface area contributed by atoms with Gasteiger partial charge in [-0.05, 0) is 54.2 Å². The largest absolute Gasteiger partial charge is 0.383 e. The number of ether oxygens (including phenoxy) is 1. The zero-order chi connectivity index (χ0) is 21.1. The van der Waals surface area contributed by atoms with Gasteiger partial charge in [-0.1, -0.05) is 12.1 Å². The molecule has 0 atom stereocenters. The molecule has 0 spiro atoms. The van der Waals surface area contributed by atoms with Crippen molar-refractivity contribution in [1.29, 1.82) is 0 Å². The van der Waals surface area contributed by atoms with Crippen molar-refractivity contribution >= 4 is 41.8 Å². The summed E-state index contributed by atoms with van der Waals surface area (Å²) < 4.78 is 21.6. The molecule has 0 aliphatic carbocycles. The van der Waals surface area contributed by atoms with E-state index in [0.29, 0.717) is 44.0 Å². The number of halogens is 3. The molecule has 1 saturated heterocycles.